The van der Waals surface area contributed by atoms with Crippen LogP contribution in [-0.4, -0.2) is 51.5 Å². The lowest BCUT2D eigenvalue weighted by atomic mass is 9.86. The first-order valence-corrected chi connectivity index (χ1v) is 16.5. The second-order valence-corrected chi connectivity index (χ2v) is 13.1. The maximum absolute atomic E-state index is 13.2. The molecule has 0 aliphatic carbocycles. The molecule has 0 radical (unpaired) electrons. The zero-order valence-electron chi connectivity index (χ0n) is 28.5. The molecule has 1 aromatic heterocycles. The van der Waals surface area contributed by atoms with Crippen molar-refractivity contribution in [2.24, 2.45) is 0 Å². The largest absolute Gasteiger partial charge is 0.494 e. The van der Waals surface area contributed by atoms with Gasteiger partial charge in [0.25, 0.3) is 5.91 Å². The second-order valence-electron chi connectivity index (χ2n) is 13.1. The fraction of sp³-hybridized carbons (Fsp3) is 0.359. The van der Waals surface area contributed by atoms with Gasteiger partial charge in [-0.25, -0.2) is 9.97 Å². The number of nitrogens with one attached hydrogen (secondary N) is 2. The number of aliphatic carboxylic acids is 1. The Morgan fingerprint density at radius 2 is 1.42 bits per heavy atom. The van der Waals surface area contributed by atoms with E-state index in [1.807, 2.05) is 60.7 Å². The first-order valence-electron chi connectivity index (χ1n) is 16.5. The minimum Gasteiger partial charge on any atom is -0.494 e. The van der Waals surface area contributed by atoms with Gasteiger partial charge in [0, 0.05) is 35.5 Å². The van der Waals surface area contributed by atoms with Crippen molar-refractivity contribution < 1.29 is 24.2 Å². The van der Waals surface area contributed by atoms with Gasteiger partial charge < -0.3 is 20.5 Å². The minimum absolute atomic E-state index is 0.0708. The number of nitrogens with zero attached hydrogens (tertiary/aromatic N) is 2. The van der Waals surface area contributed by atoms with E-state index in [1.54, 1.807) is 24.5 Å². The summed E-state index contributed by atoms with van der Waals surface area (Å²) in [6, 6.07) is 20.5. The smallest absolute Gasteiger partial charge is 0.325 e. The molecule has 0 aliphatic heterocycles. The maximum Gasteiger partial charge on any atom is 0.325 e. The van der Waals surface area contributed by atoms with Crippen molar-refractivity contribution in [3.63, 3.8) is 0 Å². The van der Waals surface area contributed by atoms with Crippen molar-refractivity contribution in [1.29, 1.82) is 0 Å². The SMILES string of the molecule is CCCCCCOc1ccc(-c2cnc(-c3ccc(CC(NC(=O)c4ccc(C(C)(C)C)cc4)C(=O)NC(C)C(=O)O)cc3)nc2)cc1. The van der Waals surface area contributed by atoms with Crippen LogP contribution in [-0.2, 0) is 21.4 Å². The van der Waals surface area contributed by atoms with Gasteiger partial charge in [-0.1, -0.05) is 95.5 Å². The molecule has 0 spiro atoms. The first kappa shape index (κ1) is 35.8. The van der Waals surface area contributed by atoms with E-state index in [1.165, 1.54) is 26.2 Å². The van der Waals surface area contributed by atoms with Crippen LogP contribution in [0.4, 0.5) is 0 Å². The van der Waals surface area contributed by atoms with E-state index in [-0.39, 0.29) is 11.8 Å². The van der Waals surface area contributed by atoms with E-state index in [4.69, 9.17) is 4.74 Å². The van der Waals surface area contributed by atoms with Gasteiger partial charge in [0.1, 0.15) is 17.8 Å². The van der Waals surface area contributed by atoms with Crippen molar-refractivity contribution in [3.8, 4) is 28.3 Å². The van der Waals surface area contributed by atoms with Gasteiger partial charge >= 0.3 is 5.97 Å². The fourth-order valence-electron chi connectivity index (χ4n) is 5.06. The summed E-state index contributed by atoms with van der Waals surface area (Å²) in [6.45, 7) is 10.6. The van der Waals surface area contributed by atoms with E-state index in [0.29, 0.717) is 18.0 Å². The normalized spacial score (nSPS) is 12.5. The number of unbranched alkanes of at least 4 members (excludes halogenated alkanes) is 3. The number of carboxylic acids is 1. The molecule has 1 heterocycles. The number of rotatable bonds is 15. The standard InChI is InChI=1S/C39H46N4O5/c1-6-7-8-9-22-48-33-20-16-28(17-21-33)31-24-40-35(41-25-31)29-12-10-27(11-13-29)23-34(37(45)42-26(2)38(46)47)43-36(44)30-14-18-32(19-15-30)39(3,4)5/h10-21,24-26,34H,6-9,22-23H2,1-5H3,(H,42,45)(H,43,44)(H,46,47). The number of ether oxygens (including phenoxy) is 1. The number of benzene rings is 3. The van der Waals surface area contributed by atoms with Crippen molar-refractivity contribution in [2.45, 2.75) is 84.2 Å². The molecule has 0 aliphatic rings. The van der Waals surface area contributed by atoms with Crippen LogP contribution in [0.5, 0.6) is 5.75 Å². The quantitative estimate of drug-likeness (QED) is 0.118. The van der Waals surface area contributed by atoms with Crippen LogP contribution in [0.15, 0.2) is 85.2 Å². The number of carbonyl (C=O) groups is 3. The fourth-order valence-corrected chi connectivity index (χ4v) is 5.06. The molecule has 9 heteroatoms. The number of amides is 2. The Bertz CT molecular complexity index is 1650. The molecule has 0 saturated heterocycles. The van der Waals surface area contributed by atoms with Gasteiger partial charge in [-0.3, -0.25) is 14.4 Å². The number of carbonyl (C=O) groups excluding carboxylic acids is 2. The van der Waals surface area contributed by atoms with Gasteiger partial charge in [-0.2, -0.15) is 0 Å². The molecule has 3 N–H and O–H groups in total. The molecule has 48 heavy (non-hydrogen) atoms. The van der Waals surface area contributed by atoms with Crippen molar-refractivity contribution in [2.75, 3.05) is 6.61 Å². The van der Waals surface area contributed by atoms with Crippen molar-refractivity contribution >= 4 is 17.8 Å². The first-order chi connectivity index (χ1) is 22.9. The van der Waals surface area contributed by atoms with Crippen LogP contribution in [0, 0.1) is 0 Å². The molecule has 2 atom stereocenters. The summed E-state index contributed by atoms with van der Waals surface area (Å²) in [7, 11) is 0. The summed E-state index contributed by atoms with van der Waals surface area (Å²) in [5.74, 6) is -0.777. The highest BCUT2D eigenvalue weighted by molar-refractivity contribution is 5.98. The van der Waals surface area contributed by atoms with E-state index < -0.39 is 29.9 Å². The predicted octanol–water partition coefficient (Wildman–Crippen LogP) is 7.00. The third kappa shape index (κ3) is 10.2. The van der Waals surface area contributed by atoms with Crippen LogP contribution in [0.2, 0.25) is 0 Å². The van der Waals surface area contributed by atoms with E-state index in [2.05, 4.69) is 48.3 Å². The lowest BCUT2D eigenvalue weighted by molar-refractivity contribution is -0.141. The molecule has 0 saturated carbocycles. The van der Waals surface area contributed by atoms with E-state index in [9.17, 15) is 19.5 Å². The summed E-state index contributed by atoms with van der Waals surface area (Å²) < 4.78 is 5.85. The van der Waals surface area contributed by atoms with Gasteiger partial charge in [0.05, 0.1) is 6.61 Å². The predicted molar refractivity (Wildman–Crippen MR) is 188 cm³/mol. The molecule has 2 unspecified atom stereocenters. The Hall–Kier alpha value is -5.05. The van der Waals surface area contributed by atoms with Crippen LogP contribution >= 0.6 is 0 Å². The zero-order valence-corrected chi connectivity index (χ0v) is 28.5. The van der Waals surface area contributed by atoms with Crippen molar-refractivity contribution in [1.82, 2.24) is 20.6 Å². The molecule has 252 valence electrons. The average Bonchev–Trinajstić information content (AvgIpc) is 3.08. The topological polar surface area (TPSA) is 131 Å². The molecule has 2 amide bonds. The highest BCUT2D eigenvalue weighted by Gasteiger charge is 2.25. The lowest BCUT2D eigenvalue weighted by Crippen LogP contribution is -2.51. The van der Waals surface area contributed by atoms with Gasteiger partial charge in [0.15, 0.2) is 5.82 Å². The summed E-state index contributed by atoms with van der Waals surface area (Å²) >= 11 is 0. The second kappa shape index (κ2) is 16.7. The molecule has 0 bridgehead atoms. The Morgan fingerprint density at radius 1 is 0.792 bits per heavy atom. The minimum atomic E-state index is -1.17. The van der Waals surface area contributed by atoms with Crippen LogP contribution in [0.3, 0.4) is 0 Å². The Balaban J connectivity index is 1.42. The van der Waals surface area contributed by atoms with E-state index >= 15 is 0 Å². The highest BCUT2D eigenvalue weighted by Crippen LogP contribution is 2.24. The Morgan fingerprint density at radius 3 is 2.00 bits per heavy atom. The summed E-state index contributed by atoms with van der Waals surface area (Å²) in [5.41, 5.74) is 4.86. The Labute approximate surface area is 283 Å². The summed E-state index contributed by atoms with van der Waals surface area (Å²) in [6.07, 6.45) is 8.38. The van der Waals surface area contributed by atoms with Crippen LogP contribution in [0.25, 0.3) is 22.5 Å². The molecule has 0 fully saturated rings. The molecular weight excluding hydrogens is 604 g/mol. The molecular formula is C39H46N4O5. The van der Waals surface area contributed by atoms with Gasteiger partial charge in [-0.15, -0.1) is 0 Å². The maximum atomic E-state index is 13.2. The number of hydrogen-bond acceptors (Lipinski definition) is 6. The van der Waals surface area contributed by atoms with Gasteiger partial charge in [0.2, 0.25) is 5.91 Å². The van der Waals surface area contributed by atoms with Crippen molar-refractivity contribution in [3.05, 3.63) is 102 Å². The highest BCUT2D eigenvalue weighted by atomic mass is 16.5. The average molecular weight is 651 g/mol. The third-order valence-electron chi connectivity index (χ3n) is 8.12. The molecule has 4 rings (SSSR count). The summed E-state index contributed by atoms with van der Waals surface area (Å²) in [4.78, 5) is 46.8. The van der Waals surface area contributed by atoms with Crippen LogP contribution < -0.4 is 15.4 Å². The number of hydrogen-bond donors (Lipinski definition) is 3. The van der Waals surface area contributed by atoms with Crippen LogP contribution in [0.1, 0.15) is 81.8 Å². The summed E-state index contributed by atoms with van der Waals surface area (Å²) in [5, 5.41) is 14.6. The zero-order chi connectivity index (χ0) is 34.7. The van der Waals surface area contributed by atoms with Gasteiger partial charge in [-0.05, 0) is 59.7 Å². The number of carboxylic acid groups (broad SMARTS) is 1. The molecule has 9 nitrogen and oxygen atoms in total. The number of aromatic nitrogens is 2. The van der Waals surface area contributed by atoms with E-state index in [0.717, 1.165) is 40.0 Å². The lowest BCUT2D eigenvalue weighted by Gasteiger charge is -2.21. The third-order valence-corrected chi connectivity index (χ3v) is 8.12. The monoisotopic (exact) mass is 650 g/mol. The Kier molecular flexibility index (Phi) is 12.4. The molecule has 4 aromatic rings. The molecule has 3 aromatic carbocycles.